The first-order valence-corrected chi connectivity index (χ1v) is 8.11. The van der Waals surface area contributed by atoms with Crippen molar-refractivity contribution in [3.05, 3.63) is 30.6 Å². The van der Waals surface area contributed by atoms with E-state index in [4.69, 9.17) is 0 Å². The Labute approximate surface area is 123 Å². The minimum atomic E-state index is 0.481. The predicted octanol–water partition coefficient (Wildman–Crippen LogP) is 2.37. The van der Waals surface area contributed by atoms with Crippen molar-refractivity contribution in [1.29, 1.82) is 0 Å². The van der Waals surface area contributed by atoms with E-state index in [-0.39, 0.29) is 0 Å². The van der Waals surface area contributed by atoms with Crippen molar-refractivity contribution in [3.8, 4) is 0 Å². The van der Waals surface area contributed by atoms with E-state index in [1.54, 1.807) is 11.8 Å². The molecule has 3 rings (SSSR count). The van der Waals surface area contributed by atoms with Crippen molar-refractivity contribution < 1.29 is 0 Å². The number of rotatable bonds is 4. The lowest BCUT2D eigenvalue weighted by molar-refractivity contribution is 0.537. The van der Waals surface area contributed by atoms with Crippen LogP contribution in [0.4, 0.5) is 5.82 Å². The number of hydrogen-bond acceptors (Lipinski definition) is 5. The Morgan fingerprint density at radius 2 is 2.30 bits per heavy atom. The molecular weight excluding hydrogens is 270 g/mol. The molecule has 0 N–H and O–H groups in total. The highest BCUT2D eigenvalue weighted by Gasteiger charge is 2.26. The third-order valence-electron chi connectivity index (χ3n) is 3.81. The highest BCUT2D eigenvalue weighted by Crippen LogP contribution is 2.26. The van der Waals surface area contributed by atoms with E-state index < -0.39 is 0 Å². The number of aromatic nitrogens is 4. The van der Waals surface area contributed by atoms with E-state index in [1.165, 1.54) is 12.8 Å². The number of thioether (sulfide) groups is 1. The van der Waals surface area contributed by atoms with Gasteiger partial charge in [-0.05, 0) is 26.0 Å². The molecule has 2 aromatic rings. The Hall–Kier alpha value is -1.56. The summed E-state index contributed by atoms with van der Waals surface area (Å²) in [5.41, 5.74) is 0. The van der Waals surface area contributed by atoms with Crippen LogP contribution in [0.2, 0.25) is 0 Å². The molecule has 0 bridgehead atoms. The number of hydrogen-bond donors (Lipinski definition) is 0. The van der Waals surface area contributed by atoms with Gasteiger partial charge in [-0.25, -0.2) is 9.97 Å². The monoisotopic (exact) mass is 289 g/mol. The summed E-state index contributed by atoms with van der Waals surface area (Å²) in [5.74, 6) is 2.07. The lowest BCUT2D eigenvalue weighted by Crippen LogP contribution is -2.33. The van der Waals surface area contributed by atoms with Gasteiger partial charge in [0.1, 0.15) is 16.7 Å². The summed E-state index contributed by atoms with van der Waals surface area (Å²) < 4.78 is 2.22. The Balaban J connectivity index is 1.79. The quantitative estimate of drug-likeness (QED) is 0.809. The molecule has 1 atom stereocenters. The molecule has 0 saturated carbocycles. The zero-order valence-corrected chi connectivity index (χ0v) is 12.7. The van der Waals surface area contributed by atoms with Crippen molar-refractivity contribution in [2.75, 3.05) is 17.7 Å². The first-order chi connectivity index (χ1) is 9.78. The Morgan fingerprint density at radius 1 is 1.40 bits per heavy atom. The van der Waals surface area contributed by atoms with Crippen molar-refractivity contribution in [2.24, 2.45) is 0 Å². The van der Waals surface area contributed by atoms with Gasteiger partial charge in [0.05, 0.1) is 12.4 Å². The van der Waals surface area contributed by atoms with E-state index >= 15 is 0 Å². The first kappa shape index (κ1) is 13.4. The minimum Gasteiger partial charge on any atom is -0.351 e. The first-order valence-electron chi connectivity index (χ1n) is 6.88. The van der Waals surface area contributed by atoms with Gasteiger partial charge in [-0.15, -0.1) is 11.8 Å². The summed E-state index contributed by atoms with van der Waals surface area (Å²) in [7, 11) is 0. The fraction of sp³-hybridized carbons (Fsp3) is 0.500. The molecule has 20 heavy (non-hydrogen) atoms. The van der Waals surface area contributed by atoms with Gasteiger partial charge in [-0.1, -0.05) is 0 Å². The van der Waals surface area contributed by atoms with Crippen LogP contribution in [0.3, 0.4) is 0 Å². The summed E-state index contributed by atoms with van der Waals surface area (Å²) in [6.45, 7) is 4.08. The predicted molar refractivity (Wildman–Crippen MR) is 81.1 cm³/mol. The zero-order chi connectivity index (χ0) is 13.9. The topological polar surface area (TPSA) is 46.8 Å². The SMILES string of the molecule is CSc1cncc(N2CCC[C@H]2Cn2ccnc2C)n1. The van der Waals surface area contributed by atoms with Crippen LogP contribution >= 0.6 is 11.8 Å². The van der Waals surface area contributed by atoms with Gasteiger partial charge in [-0.2, -0.15) is 0 Å². The van der Waals surface area contributed by atoms with Gasteiger partial charge in [0.25, 0.3) is 0 Å². The van der Waals surface area contributed by atoms with Crippen molar-refractivity contribution >= 4 is 17.6 Å². The molecule has 0 amide bonds. The summed E-state index contributed by atoms with van der Waals surface area (Å²) in [4.78, 5) is 15.7. The second-order valence-corrected chi connectivity index (χ2v) is 5.86. The summed E-state index contributed by atoms with van der Waals surface area (Å²) in [6, 6.07) is 0.481. The standard InChI is InChI=1S/C14H19N5S/c1-11-16-5-7-18(11)10-12-4-3-6-19(12)13-8-15-9-14(17-13)20-2/h5,7-9,12H,3-4,6,10H2,1-2H3/t12-/m0/s1. The highest BCUT2D eigenvalue weighted by atomic mass is 32.2. The zero-order valence-electron chi connectivity index (χ0n) is 11.9. The number of imidazole rings is 1. The van der Waals surface area contributed by atoms with Crippen LogP contribution in [0.15, 0.2) is 29.8 Å². The van der Waals surface area contributed by atoms with Crippen LogP contribution in [0.25, 0.3) is 0 Å². The maximum atomic E-state index is 4.68. The smallest absolute Gasteiger partial charge is 0.148 e. The number of nitrogens with zero attached hydrogens (tertiary/aromatic N) is 5. The van der Waals surface area contributed by atoms with Crippen molar-refractivity contribution in [2.45, 2.75) is 37.4 Å². The molecule has 3 heterocycles. The van der Waals surface area contributed by atoms with Crippen LogP contribution in [-0.2, 0) is 6.54 Å². The van der Waals surface area contributed by atoms with Gasteiger partial charge in [0.2, 0.25) is 0 Å². The van der Waals surface area contributed by atoms with Crippen LogP contribution in [-0.4, -0.2) is 38.4 Å². The Kier molecular flexibility index (Phi) is 3.91. The van der Waals surface area contributed by atoms with E-state index in [2.05, 4.69) is 30.6 Å². The molecule has 0 unspecified atom stereocenters. The Morgan fingerprint density at radius 3 is 3.05 bits per heavy atom. The lowest BCUT2D eigenvalue weighted by Gasteiger charge is -2.26. The van der Waals surface area contributed by atoms with Gasteiger partial charge in [0, 0.05) is 31.5 Å². The largest absolute Gasteiger partial charge is 0.351 e. The number of aryl methyl sites for hydroxylation is 1. The molecule has 106 valence electrons. The van der Waals surface area contributed by atoms with Crippen LogP contribution in [0.1, 0.15) is 18.7 Å². The molecule has 1 saturated heterocycles. The molecule has 2 aromatic heterocycles. The van der Waals surface area contributed by atoms with Gasteiger partial charge in [-0.3, -0.25) is 4.98 Å². The summed E-state index contributed by atoms with van der Waals surface area (Å²) >= 11 is 1.64. The average Bonchev–Trinajstić information content (AvgIpc) is 3.09. The number of anilines is 1. The van der Waals surface area contributed by atoms with E-state index in [9.17, 15) is 0 Å². The summed E-state index contributed by atoms with van der Waals surface area (Å²) in [5, 5.41) is 0.979. The molecule has 1 aliphatic rings. The van der Waals surface area contributed by atoms with Gasteiger partial charge >= 0.3 is 0 Å². The molecular formula is C14H19N5S. The van der Waals surface area contributed by atoms with Crippen molar-refractivity contribution in [3.63, 3.8) is 0 Å². The Bertz CT molecular complexity index is 582. The molecule has 0 aromatic carbocycles. The molecule has 6 heteroatoms. The van der Waals surface area contributed by atoms with Crippen molar-refractivity contribution in [1.82, 2.24) is 19.5 Å². The molecule has 1 fully saturated rings. The third kappa shape index (κ3) is 2.65. The van der Waals surface area contributed by atoms with Crippen LogP contribution < -0.4 is 4.90 Å². The van der Waals surface area contributed by atoms with Crippen LogP contribution in [0, 0.1) is 6.92 Å². The average molecular weight is 289 g/mol. The summed E-state index contributed by atoms with van der Waals surface area (Å²) in [6.07, 6.45) is 12.0. The van der Waals surface area contributed by atoms with E-state index in [1.807, 2.05) is 31.8 Å². The fourth-order valence-corrected chi connectivity index (χ4v) is 3.08. The maximum Gasteiger partial charge on any atom is 0.148 e. The normalized spacial score (nSPS) is 18.7. The lowest BCUT2D eigenvalue weighted by atomic mass is 10.2. The minimum absolute atomic E-state index is 0.481. The fourth-order valence-electron chi connectivity index (χ4n) is 2.73. The molecule has 5 nitrogen and oxygen atoms in total. The maximum absolute atomic E-state index is 4.68. The molecule has 1 aliphatic heterocycles. The third-order valence-corrected chi connectivity index (χ3v) is 4.43. The molecule has 0 spiro atoms. The van der Waals surface area contributed by atoms with Gasteiger partial charge < -0.3 is 9.47 Å². The molecule has 0 aliphatic carbocycles. The molecule has 0 radical (unpaired) electrons. The highest BCUT2D eigenvalue weighted by molar-refractivity contribution is 7.98. The van der Waals surface area contributed by atoms with E-state index in [0.717, 1.165) is 29.8 Å². The second-order valence-electron chi connectivity index (χ2n) is 5.04. The van der Waals surface area contributed by atoms with Crippen LogP contribution in [0.5, 0.6) is 0 Å². The van der Waals surface area contributed by atoms with Gasteiger partial charge in [0.15, 0.2) is 0 Å². The van der Waals surface area contributed by atoms with E-state index in [0.29, 0.717) is 6.04 Å². The second kappa shape index (κ2) is 5.83.